The van der Waals surface area contributed by atoms with Crippen LogP contribution in [0.25, 0.3) is 0 Å². The number of aromatic nitrogens is 1. The van der Waals surface area contributed by atoms with Crippen LogP contribution in [-0.4, -0.2) is 23.6 Å². The zero-order chi connectivity index (χ0) is 13.1. The normalized spacial score (nSPS) is 11.6. The van der Waals surface area contributed by atoms with Crippen molar-refractivity contribution in [3.63, 3.8) is 0 Å². The van der Waals surface area contributed by atoms with Gasteiger partial charge in [-0.1, -0.05) is 13.8 Å². The molecule has 3 nitrogen and oxygen atoms in total. The molecule has 0 aliphatic heterocycles. The highest BCUT2D eigenvalue weighted by atomic mass is 19.4. The lowest BCUT2D eigenvalue weighted by molar-refractivity contribution is -0.123. The van der Waals surface area contributed by atoms with Gasteiger partial charge in [0.1, 0.15) is 12.2 Å². The minimum atomic E-state index is -4.41. The quantitative estimate of drug-likeness (QED) is 0.890. The fourth-order valence-electron chi connectivity index (χ4n) is 1.20. The summed E-state index contributed by atoms with van der Waals surface area (Å²) >= 11 is 0. The van der Waals surface area contributed by atoms with E-state index in [9.17, 15) is 18.0 Å². The van der Waals surface area contributed by atoms with E-state index in [1.807, 2.05) is 13.8 Å². The highest BCUT2D eigenvalue weighted by Crippen LogP contribution is 2.15. The second-order valence-electron chi connectivity index (χ2n) is 3.93. The minimum absolute atomic E-state index is 0.000417. The summed E-state index contributed by atoms with van der Waals surface area (Å²) in [4.78, 5) is 15.1. The first-order valence-electron chi connectivity index (χ1n) is 5.10. The number of hydrogen-bond donors (Lipinski definition) is 1. The molecule has 1 N–H and O–H groups in total. The van der Waals surface area contributed by atoms with E-state index in [1.165, 1.54) is 12.3 Å². The molecule has 0 bridgehead atoms. The van der Waals surface area contributed by atoms with Gasteiger partial charge in [-0.15, -0.1) is 0 Å². The Kier molecular flexibility index (Phi) is 4.09. The van der Waals surface area contributed by atoms with Gasteiger partial charge in [-0.25, -0.2) is 0 Å². The predicted octanol–water partition coefficient (Wildman–Crippen LogP) is 2.50. The van der Waals surface area contributed by atoms with Crippen LogP contribution in [0.1, 0.15) is 35.8 Å². The maximum atomic E-state index is 11.9. The maximum Gasteiger partial charge on any atom is 0.405 e. The Morgan fingerprint density at radius 2 is 2.12 bits per heavy atom. The van der Waals surface area contributed by atoms with E-state index in [4.69, 9.17) is 0 Å². The Morgan fingerprint density at radius 1 is 1.47 bits per heavy atom. The summed E-state index contributed by atoms with van der Waals surface area (Å²) in [5.74, 6) is -0.628. The number of nitrogens with zero attached hydrogens (tertiary/aromatic N) is 1. The molecular weight excluding hydrogens is 233 g/mol. The fourth-order valence-corrected chi connectivity index (χ4v) is 1.20. The van der Waals surface area contributed by atoms with Gasteiger partial charge in [-0.05, 0) is 23.6 Å². The van der Waals surface area contributed by atoms with Crippen molar-refractivity contribution >= 4 is 5.91 Å². The van der Waals surface area contributed by atoms with Crippen LogP contribution < -0.4 is 5.32 Å². The second kappa shape index (κ2) is 5.16. The minimum Gasteiger partial charge on any atom is -0.342 e. The van der Waals surface area contributed by atoms with Crippen molar-refractivity contribution in [2.75, 3.05) is 6.54 Å². The largest absolute Gasteiger partial charge is 0.405 e. The summed E-state index contributed by atoms with van der Waals surface area (Å²) in [6.07, 6.45) is -3.00. The van der Waals surface area contributed by atoms with Crippen molar-refractivity contribution in [1.29, 1.82) is 0 Å². The zero-order valence-corrected chi connectivity index (χ0v) is 9.51. The molecule has 1 amide bonds. The monoisotopic (exact) mass is 246 g/mol. The average Bonchev–Trinajstić information content (AvgIpc) is 2.25. The Balaban J connectivity index is 2.72. The molecule has 1 aromatic rings. The van der Waals surface area contributed by atoms with E-state index in [0.717, 1.165) is 5.56 Å². The van der Waals surface area contributed by atoms with Gasteiger partial charge < -0.3 is 5.32 Å². The number of pyridine rings is 1. The number of carbonyl (C=O) groups is 1. The van der Waals surface area contributed by atoms with E-state index in [-0.39, 0.29) is 11.6 Å². The van der Waals surface area contributed by atoms with Crippen LogP contribution in [0.15, 0.2) is 18.3 Å². The molecule has 0 fully saturated rings. The van der Waals surface area contributed by atoms with Gasteiger partial charge in [0, 0.05) is 6.20 Å². The molecule has 1 aromatic heterocycles. The number of halogens is 3. The molecule has 1 rings (SSSR count). The van der Waals surface area contributed by atoms with Gasteiger partial charge in [-0.2, -0.15) is 13.2 Å². The van der Waals surface area contributed by atoms with Crippen LogP contribution in [0.3, 0.4) is 0 Å². The molecule has 17 heavy (non-hydrogen) atoms. The average molecular weight is 246 g/mol. The van der Waals surface area contributed by atoms with Gasteiger partial charge in [0.2, 0.25) is 0 Å². The third kappa shape index (κ3) is 4.42. The lowest BCUT2D eigenvalue weighted by Gasteiger charge is -2.09. The highest BCUT2D eigenvalue weighted by molar-refractivity contribution is 5.92. The first-order chi connectivity index (χ1) is 7.79. The Bertz CT molecular complexity index is 402. The molecule has 0 aliphatic rings. The van der Waals surface area contributed by atoms with Crippen molar-refractivity contribution in [1.82, 2.24) is 10.3 Å². The number of hydrogen-bond acceptors (Lipinski definition) is 2. The van der Waals surface area contributed by atoms with Crippen LogP contribution in [0.5, 0.6) is 0 Å². The molecule has 0 saturated carbocycles. The van der Waals surface area contributed by atoms with E-state index in [0.29, 0.717) is 0 Å². The van der Waals surface area contributed by atoms with Crippen LogP contribution >= 0.6 is 0 Å². The first-order valence-corrected chi connectivity index (χ1v) is 5.10. The molecule has 0 aromatic carbocycles. The Labute approximate surface area is 97.0 Å². The fraction of sp³-hybridized carbons (Fsp3) is 0.455. The van der Waals surface area contributed by atoms with Crippen LogP contribution in [-0.2, 0) is 0 Å². The van der Waals surface area contributed by atoms with Crippen LogP contribution in [0.4, 0.5) is 13.2 Å². The van der Waals surface area contributed by atoms with Gasteiger partial charge in [0.15, 0.2) is 0 Å². The zero-order valence-electron chi connectivity index (χ0n) is 9.51. The maximum absolute atomic E-state index is 11.9. The number of carbonyl (C=O) groups excluding carboxylic acids is 1. The molecule has 0 atom stereocenters. The van der Waals surface area contributed by atoms with Gasteiger partial charge >= 0.3 is 6.18 Å². The van der Waals surface area contributed by atoms with Crippen LogP contribution in [0, 0.1) is 0 Å². The summed E-state index contributed by atoms with van der Waals surface area (Å²) in [5, 5.41) is 1.78. The summed E-state index contributed by atoms with van der Waals surface area (Å²) in [7, 11) is 0. The lowest BCUT2D eigenvalue weighted by atomic mass is 10.0. The number of rotatable bonds is 3. The Hall–Kier alpha value is -1.59. The van der Waals surface area contributed by atoms with Gasteiger partial charge in [0.05, 0.1) is 0 Å². The Morgan fingerprint density at radius 3 is 2.65 bits per heavy atom. The summed E-state index contributed by atoms with van der Waals surface area (Å²) in [6.45, 7) is 2.50. The number of amides is 1. The van der Waals surface area contributed by atoms with Crippen LogP contribution in [0.2, 0.25) is 0 Å². The van der Waals surface area contributed by atoms with Gasteiger partial charge in [-0.3, -0.25) is 9.78 Å². The molecule has 6 heteroatoms. The van der Waals surface area contributed by atoms with Crippen molar-refractivity contribution in [3.05, 3.63) is 29.6 Å². The number of alkyl halides is 3. The van der Waals surface area contributed by atoms with Crippen molar-refractivity contribution < 1.29 is 18.0 Å². The molecule has 0 spiro atoms. The summed E-state index contributed by atoms with van der Waals surface area (Å²) < 4.78 is 35.7. The number of nitrogens with one attached hydrogen (secondary N) is 1. The molecule has 0 aliphatic carbocycles. The second-order valence-corrected chi connectivity index (χ2v) is 3.93. The molecule has 1 heterocycles. The topological polar surface area (TPSA) is 42.0 Å². The molecule has 0 saturated heterocycles. The van der Waals surface area contributed by atoms with E-state index < -0.39 is 18.6 Å². The van der Waals surface area contributed by atoms with Crippen molar-refractivity contribution in [2.45, 2.75) is 25.9 Å². The standard InChI is InChI=1S/C11H13F3N2O/c1-7(2)8-3-4-15-9(5-8)10(17)16-6-11(12,13)14/h3-5,7H,6H2,1-2H3,(H,16,17). The molecule has 94 valence electrons. The van der Waals surface area contributed by atoms with Gasteiger partial charge in [0.25, 0.3) is 5.91 Å². The SMILES string of the molecule is CC(C)c1ccnc(C(=O)NCC(F)(F)F)c1. The smallest absolute Gasteiger partial charge is 0.342 e. The lowest BCUT2D eigenvalue weighted by Crippen LogP contribution is -2.34. The third-order valence-corrected chi connectivity index (χ3v) is 2.13. The summed E-state index contributed by atoms with van der Waals surface area (Å²) in [5.41, 5.74) is 0.859. The molecule has 0 unspecified atom stereocenters. The summed E-state index contributed by atoms with van der Waals surface area (Å²) in [6, 6.07) is 3.22. The van der Waals surface area contributed by atoms with Crippen molar-refractivity contribution in [3.8, 4) is 0 Å². The first kappa shape index (κ1) is 13.5. The third-order valence-electron chi connectivity index (χ3n) is 2.13. The molecule has 0 radical (unpaired) electrons. The molecular formula is C11H13F3N2O. The van der Waals surface area contributed by atoms with E-state index >= 15 is 0 Å². The highest BCUT2D eigenvalue weighted by Gasteiger charge is 2.28. The van der Waals surface area contributed by atoms with E-state index in [2.05, 4.69) is 4.98 Å². The predicted molar refractivity (Wildman–Crippen MR) is 56.7 cm³/mol. The van der Waals surface area contributed by atoms with Crippen molar-refractivity contribution in [2.24, 2.45) is 0 Å². The van der Waals surface area contributed by atoms with E-state index in [1.54, 1.807) is 11.4 Å².